The van der Waals surface area contributed by atoms with Gasteiger partial charge in [-0.3, -0.25) is 9.10 Å². The molecular formula is C20H22N4O6S. The van der Waals surface area contributed by atoms with E-state index in [9.17, 15) is 13.2 Å². The lowest BCUT2D eigenvalue weighted by atomic mass is 10.2. The Balaban J connectivity index is 2.09. The minimum absolute atomic E-state index is 0.0562. The van der Waals surface area contributed by atoms with Gasteiger partial charge in [0.15, 0.2) is 6.61 Å². The summed E-state index contributed by atoms with van der Waals surface area (Å²) in [6, 6.07) is 13.1. The Morgan fingerprint density at radius 3 is 2.42 bits per heavy atom. The Hall–Kier alpha value is -3.78. The van der Waals surface area contributed by atoms with Crippen molar-refractivity contribution in [1.29, 1.82) is 5.26 Å². The molecule has 11 heteroatoms. The lowest BCUT2D eigenvalue weighted by Crippen LogP contribution is -2.39. The van der Waals surface area contributed by atoms with Crippen molar-refractivity contribution in [3.05, 3.63) is 48.0 Å². The second kappa shape index (κ2) is 10.8. The summed E-state index contributed by atoms with van der Waals surface area (Å²) in [7, 11) is -0.930. The van der Waals surface area contributed by atoms with Gasteiger partial charge in [0.05, 0.1) is 32.4 Å². The molecule has 10 nitrogen and oxygen atoms in total. The predicted molar refractivity (Wildman–Crippen MR) is 115 cm³/mol. The Morgan fingerprint density at radius 2 is 1.84 bits per heavy atom. The summed E-state index contributed by atoms with van der Waals surface area (Å²) in [6.45, 7) is -0.556. The van der Waals surface area contributed by atoms with E-state index in [1.54, 1.807) is 30.3 Å². The van der Waals surface area contributed by atoms with Crippen molar-refractivity contribution in [2.45, 2.75) is 0 Å². The zero-order valence-corrected chi connectivity index (χ0v) is 18.0. The number of nitriles is 1. The van der Waals surface area contributed by atoms with Crippen LogP contribution in [0.1, 0.15) is 5.56 Å². The first kappa shape index (κ1) is 23.5. The van der Waals surface area contributed by atoms with E-state index in [4.69, 9.17) is 19.5 Å². The highest BCUT2D eigenvalue weighted by Gasteiger charge is 2.24. The molecule has 2 rings (SSSR count). The van der Waals surface area contributed by atoms with Gasteiger partial charge in [0, 0.05) is 6.07 Å². The van der Waals surface area contributed by atoms with Gasteiger partial charge in [-0.05, 0) is 42.0 Å². The third kappa shape index (κ3) is 6.90. The highest BCUT2D eigenvalue weighted by atomic mass is 32.2. The molecule has 0 aromatic heterocycles. The highest BCUT2D eigenvalue weighted by Crippen LogP contribution is 2.33. The zero-order valence-electron chi connectivity index (χ0n) is 17.2. The van der Waals surface area contributed by atoms with Crippen molar-refractivity contribution in [2.75, 3.05) is 37.9 Å². The SMILES string of the molecule is COc1ccc(N(CC(=O)N/N=C\c2ccc(OCC#N)cc2)S(C)(=O)=O)c(OC)c1. The number of methoxy groups -OCH3 is 2. The quantitative estimate of drug-likeness (QED) is 0.432. The van der Waals surface area contributed by atoms with E-state index < -0.39 is 22.5 Å². The molecule has 0 radical (unpaired) electrons. The van der Waals surface area contributed by atoms with E-state index >= 15 is 0 Å². The van der Waals surface area contributed by atoms with Gasteiger partial charge in [-0.25, -0.2) is 13.8 Å². The summed E-state index contributed by atoms with van der Waals surface area (Å²) in [6.07, 6.45) is 2.38. The number of hydrazone groups is 1. The maximum atomic E-state index is 12.3. The third-order valence-electron chi connectivity index (χ3n) is 3.93. The van der Waals surface area contributed by atoms with Crippen molar-refractivity contribution >= 4 is 27.8 Å². The van der Waals surface area contributed by atoms with Crippen LogP contribution in [0.15, 0.2) is 47.6 Å². The number of nitrogens with one attached hydrogen (secondary N) is 1. The van der Waals surface area contributed by atoms with Gasteiger partial charge in [0.25, 0.3) is 5.91 Å². The van der Waals surface area contributed by atoms with E-state index in [2.05, 4.69) is 10.5 Å². The summed E-state index contributed by atoms with van der Waals surface area (Å²) in [5.74, 6) is 0.598. The summed E-state index contributed by atoms with van der Waals surface area (Å²) in [4.78, 5) is 12.3. The van der Waals surface area contributed by atoms with Crippen LogP contribution in [0.2, 0.25) is 0 Å². The number of carbonyl (C=O) groups is 1. The number of carbonyl (C=O) groups excluding carboxylic acids is 1. The molecule has 2 aromatic carbocycles. The number of hydrogen-bond acceptors (Lipinski definition) is 8. The predicted octanol–water partition coefficient (Wildman–Crippen LogP) is 1.52. The number of nitrogens with zero attached hydrogens (tertiary/aromatic N) is 3. The molecule has 0 aliphatic rings. The molecule has 1 amide bonds. The summed E-state index contributed by atoms with van der Waals surface area (Å²) in [5.41, 5.74) is 3.16. The molecule has 0 atom stereocenters. The van der Waals surface area contributed by atoms with E-state index in [0.717, 1.165) is 10.6 Å². The minimum atomic E-state index is -3.79. The number of ether oxygens (including phenoxy) is 3. The van der Waals surface area contributed by atoms with Crippen LogP contribution in [-0.2, 0) is 14.8 Å². The number of amides is 1. The summed E-state index contributed by atoms with van der Waals surface area (Å²) in [5, 5.41) is 12.3. The fourth-order valence-corrected chi connectivity index (χ4v) is 3.34. The van der Waals surface area contributed by atoms with Crippen LogP contribution < -0.4 is 23.9 Å². The van der Waals surface area contributed by atoms with Crippen molar-refractivity contribution in [1.82, 2.24) is 5.43 Å². The van der Waals surface area contributed by atoms with Crippen molar-refractivity contribution in [3.63, 3.8) is 0 Å². The average molecular weight is 446 g/mol. The van der Waals surface area contributed by atoms with Crippen LogP contribution in [0.3, 0.4) is 0 Å². The Kier molecular flexibility index (Phi) is 8.22. The molecule has 0 saturated heterocycles. The fourth-order valence-electron chi connectivity index (χ4n) is 2.48. The van der Waals surface area contributed by atoms with Gasteiger partial charge in [-0.1, -0.05) is 0 Å². The summed E-state index contributed by atoms with van der Waals surface area (Å²) < 4.78 is 41.0. The number of hydrogen-bond donors (Lipinski definition) is 1. The maximum Gasteiger partial charge on any atom is 0.260 e. The van der Waals surface area contributed by atoms with Gasteiger partial charge < -0.3 is 14.2 Å². The van der Waals surface area contributed by atoms with E-state index in [-0.39, 0.29) is 18.0 Å². The number of rotatable bonds is 10. The standard InChI is InChI=1S/C20H22N4O6S/c1-28-17-8-9-18(19(12-17)29-2)24(31(3,26)27)14-20(25)23-22-13-15-4-6-16(7-5-15)30-11-10-21/h4-9,12-13H,11,14H2,1-3H3,(H,23,25)/b22-13-. The van der Waals surface area contributed by atoms with Crippen LogP contribution in [0, 0.1) is 11.3 Å². The first-order chi connectivity index (χ1) is 14.8. The molecular weight excluding hydrogens is 424 g/mol. The molecule has 0 bridgehead atoms. The van der Waals surface area contributed by atoms with Crippen molar-refractivity contribution < 1.29 is 27.4 Å². The van der Waals surface area contributed by atoms with Crippen LogP contribution >= 0.6 is 0 Å². The Labute approximate surface area is 180 Å². The van der Waals surface area contributed by atoms with Crippen LogP contribution in [0.4, 0.5) is 5.69 Å². The molecule has 31 heavy (non-hydrogen) atoms. The Bertz CT molecular complexity index is 1080. The van der Waals surface area contributed by atoms with Gasteiger partial charge >= 0.3 is 0 Å². The van der Waals surface area contributed by atoms with Crippen LogP contribution in [0.25, 0.3) is 0 Å². The summed E-state index contributed by atoms with van der Waals surface area (Å²) >= 11 is 0. The number of anilines is 1. The topological polar surface area (TPSA) is 130 Å². The first-order valence-corrected chi connectivity index (χ1v) is 10.7. The number of benzene rings is 2. The maximum absolute atomic E-state index is 12.3. The monoisotopic (exact) mass is 446 g/mol. The normalized spacial score (nSPS) is 10.9. The molecule has 0 heterocycles. The van der Waals surface area contributed by atoms with Gasteiger partial charge in [-0.2, -0.15) is 10.4 Å². The van der Waals surface area contributed by atoms with Gasteiger partial charge in [-0.15, -0.1) is 0 Å². The van der Waals surface area contributed by atoms with Gasteiger partial charge in [0.1, 0.15) is 29.9 Å². The molecule has 0 saturated carbocycles. The second-order valence-electron chi connectivity index (χ2n) is 6.12. The molecule has 0 spiro atoms. The highest BCUT2D eigenvalue weighted by molar-refractivity contribution is 7.92. The molecule has 0 aliphatic carbocycles. The van der Waals surface area contributed by atoms with E-state index in [0.29, 0.717) is 17.1 Å². The largest absolute Gasteiger partial charge is 0.497 e. The minimum Gasteiger partial charge on any atom is -0.497 e. The van der Waals surface area contributed by atoms with Crippen molar-refractivity contribution in [3.8, 4) is 23.3 Å². The van der Waals surface area contributed by atoms with Crippen molar-refractivity contribution in [2.24, 2.45) is 5.10 Å². The lowest BCUT2D eigenvalue weighted by molar-refractivity contribution is -0.119. The second-order valence-corrected chi connectivity index (χ2v) is 8.02. The fraction of sp³-hybridized carbons (Fsp3) is 0.250. The van der Waals surface area contributed by atoms with Crippen LogP contribution in [0.5, 0.6) is 17.2 Å². The van der Waals surface area contributed by atoms with Gasteiger partial charge in [0.2, 0.25) is 10.0 Å². The van der Waals surface area contributed by atoms with Crippen LogP contribution in [-0.4, -0.2) is 54.2 Å². The molecule has 164 valence electrons. The number of sulfonamides is 1. The third-order valence-corrected chi connectivity index (χ3v) is 5.06. The molecule has 1 N–H and O–H groups in total. The Morgan fingerprint density at radius 1 is 1.16 bits per heavy atom. The molecule has 0 unspecified atom stereocenters. The molecule has 2 aromatic rings. The average Bonchev–Trinajstić information content (AvgIpc) is 2.75. The van der Waals surface area contributed by atoms with E-state index in [1.807, 2.05) is 6.07 Å². The molecule has 0 fully saturated rings. The zero-order chi connectivity index (χ0) is 22.9. The first-order valence-electron chi connectivity index (χ1n) is 8.90. The smallest absolute Gasteiger partial charge is 0.260 e. The lowest BCUT2D eigenvalue weighted by Gasteiger charge is -2.23. The van der Waals surface area contributed by atoms with E-state index in [1.165, 1.54) is 32.6 Å². The molecule has 0 aliphatic heterocycles.